The molecule has 0 amide bonds. The highest BCUT2D eigenvalue weighted by molar-refractivity contribution is 5.30. The molecule has 0 aliphatic heterocycles. The van der Waals surface area contributed by atoms with Crippen molar-refractivity contribution in [1.29, 1.82) is 0 Å². The molecule has 1 rings (SSSR count). The molecule has 1 aromatic carbocycles. The third-order valence-electron chi connectivity index (χ3n) is 2.95. The van der Waals surface area contributed by atoms with E-state index >= 15 is 0 Å². The molecule has 1 atom stereocenters. The molecule has 1 N–H and O–H groups in total. The van der Waals surface area contributed by atoms with Crippen LogP contribution in [0.5, 0.6) is 0 Å². The zero-order valence-electron chi connectivity index (χ0n) is 11.3. The van der Waals surface area contributed by atoms with E-state index in [1.807, 2.05) is 0 Å². The summed E-state index contributed by atoms with van der Waals surface area (Å²) in [5.74, 6) is 0.697. The van der Waals surface area contributed by atoms with E-state index < -0.39 is 0 Å². The number of hydrogen-bond donors (Lipinski definition) is 1. The highest BCUT2D eigenvalue weighted by atomic mass is 14.9. The minimum atomic E-state index is 0.584. The summed E-state index contributed by atoms with van der Waals surface area (Å²) in [7, 11) is 0. The molecule has 0 radical (unpaired) electrons. The van der Waals surface area contributed by atoms with Gasteiger partial charge >= 0.3 is 0 Å². The van der Waals surface area contributed by atoms with Gasteiger partial charge < -0.3 is 5.32 Å². The first-order valence-electron chi connectivity index (χ1n) is 6.28. The molecule has 0 spiro atoms. The second-order valence-corrected chi connectivity index (χ2v) is 5.30. The minimum absolute atomic E-state index is 0.584. The zero-order valence-corrected chi connectivity index (χ0v) is 11.3. The largest absolute Gasteiger partial charge is 0.314 e. The first-order valence-corrected chi connectivity index (χ1v) is 6.28. The first kappa shape index (κ1) is 13.2. The third-order valence-corrected chi connectivity index (χ3v) is 2.95. The van der Waals surface area contributed by atoms with E-state index in [0.29, 0.717) is 12.0 Å². The number of aryl methyl sites for hydroxylation is 2. The molecule has 0 fully saturated rings. The van der Waals surface area contributed by atoms with Gasteiger partial charge in [-0.1, -0.05) is 44.5 Å². The van der Waals surface area contributed by atoms with Crippen LogP contribution in [-0.2, 0) is 6.42 Å². The van der Waals surface area contributed by atoms with Gasteiger partial charge in [0.1, 0.15) is 0 Å². The van der Waals surface area contributed by atoms with Crippen LogP contribution in [0.15, 0.2) is 18.2 Å². The Bertz CT molecular complexity index is 328. The number of nitrogens with one attached hydrogen (secondary N) is 1. The van der Waals surface area contributed by atoms with Gasteiger partial charge in [0.05, 0.1) is 0 Å². The molecular weight excluding hydrogens is 194 g/mol. The van der Waals surface area contributed by atoms with Gasteiger partial charge in [0, 0.05) is 6.04 Å². The maximum Gasteiger partial charge on any atom is 0.00104 e. The molecule has 0 saturated heterocycles. The number of hydrogen-bond acceptors (Lipinski definition) is 1. The van der Waals surface area contributed by atoms with Gasteiger partial charge in [-0.25, -0.2) is 0 Å². The summed E-state index contributed by atoms with van der Waals surface area (Å²) in [5, 5.41) is 3.50. The highest BCUT2D eigenvalue weighted by Gasteiger charge is 2.06. The maximum absolute atomic E-state index is 3.50. The van der Waals surface area contributed by atoms with Crippen LogP contribution in [0.25, 0.3) is 0 Å². The molecule has 16 heavy (non-hydrogen) atoms. The van der Waals surface area contributed by atoms with Crippen LogP contribution in [0.2, 0.25) is 0 Å². The van der Waals surface area contributed by atoms with Crippen molar-refractivity contribution >= 4 is 0 Å². The molecule has 1 aromatic rings. The molecule has 1 heteroatoms. The quantitative estimate of drug-likeness (QED) is 0.799. The zero-order chi connectivity index (χ0) is 12.1. The topological polar surface area (TPSA) is 12.0 Å². The highest BCUT2D eigenvalue weighted by Crippen LogP contribution is 2.15. The maximum atomic E-state index is 3.50. The molecule has 0 aromatic heterocycles. The van der Waals surface area contributed by atoms with Crippen molar-refractivity contribution < 1.29 is 0 Å². The average molecular weight is 219 g/mol. The Balaban J connectivity index is 2.55. The van der Waals surface area contributed by atoms with Gasteiger partial charge in [-0.15, -0.1) is 0 Å². The van der Waals surface area contributed by atoms with Crippen LogP contribution in [-0.4, -0.2) is 12.6 Å². The number of benzene rings is 1. The van der Waals surface area contributed by atoms with Gasteiger partial charge in [-0.05, 0) is 43.9 Å². The Hall–Kier alpha value is -0.820. The second kappa shape index (κ2) is 6.05. The lowest BCUT2D eigenvalue weighted by Gasteiger charge is -2.16. The summed E-state index contributed by atoms with van der Waals surface area (Å²) in [6, 6.07) is 7.32. The fourth-order valence-corrected chi connectivity index (χ4v) is 1.90. The van der Waals surface area contributed by atoms with Crippen LogP contribution in [0, 0.1) is 19.8 Å². The smallest absolute Gasteiger partial charge is 0.00104 e. The third kappa shape index (κ3) is 4.36. The van der Waals surface area contributed by atoms with Gasteiger partial charge in [0.25, 0.3) is 0 Å². The molecule has 0 aliphatic carbocycles. The summed E-state index contributed by atoms with van der Waals surface area (Å²) in [5.41, 5.74) is 4.28. The van der Waals surface area contributed by atoms with Crippen LogP contribution in [0.4, 0.5) is 0 Å². The van der Waals surface area contributed by atoms with E-state index in [0.717, 1.165) is 6.54 Å². The SMILES string of the molecule is Cc1ccc(C)c(CC(C)CNC(C)C)c1. The van der Waals surface area contributed by atoms with Crippen LogP contribution < -0.4 is 5.32 Å². The van der Waals surface area contributed by atoms with Crippen LogP contribution >= 0.6 is 0 Å². The van der Waals surface area contributed by atoms with Crippen molar-refractivity contribution in [1.82, 2.24) is 5.32 Å². The van der Waals surface area contributed by atoms with E-state index in [2.05, 4.69) is 58.1 Å². The van der Waals surface area contributed by atoms with Gasteiger partial charge in [0.15, 0.2) is 0 Å². The Morgan fingerprint density at radius 1 is 1.12 bits per heavy atom. The van der Waals surface area contributed by atoms with Crippen molar-refractivity contribution in [3.8, 4) is 0 Å². The Morgan fingerprint density at radius 3 is 2.44 bits per heavy atom. The summed E-state index contributed by atoms with van der Waals surface area (Å²) >= 11 is 0. The van der Waals surface area contributed by atoms with E-state index in [9.17, 15) is 0 Å². The Labute approximate surface area is 100 Å². The standard InChI is InChI=1S/C15H25N/c1-11(2)16-10-13(4)9-15-8-12(3)6-7-14(15)5/h6-8,11,13,16H,9-10H2,1-5H3. The molecule has 0 heterocycles. The predicted octanol–water partition coefficient (Wildman–Crippen LogP) is 3.48. The van der Waals surface area contributed by atoms with Gasteiger partial charge in [-0.2, -0.15) is 0 Å². The molecule has 0 bridgehead atoms. The lowest BCUT2D eigenvalue weighted by atomic mass is 9.96. The van der Waals surface area contributed by atoms with Crippen molar-refractivity contribution in [3.63, 3.8) is 0 Å². The van der Waals surface area contributed by atoms with Gasteiger partial charge in [0.2, 0.25) is 0 Å². The number of rotatable bonds is 5. The van der Waals surface area contributed by atoms with Crippen molar-refractivity contribution in [2.45, 2.75) is 47.1 Å². The molecule has 1 nitrogen and oxygen atoms in total. The Morgan fingerprint density at radius 2 is 1.81 bits per heavy atom. The average Bonchev–Trinajstić information content (AvgIpc) is 2.20. The summed E-state index contributed by atoms with van der Waals surface area (Å²) < 4.78 is 0. The molecular formula is C15H25N. The minimum Gasteiger partial charge on any atom is -0.314 e. The van der Waals surface area contributed by atoms with Crippen LogP contribution in [0.1, 0.15) is 37.5 Å². The second-order valence-electron chi connectivity index (χ2n) is 5.30. The monoisotopic (exact) mass is 219 g/mol. The van der Waals surface area contributed by atoms with E-state index in [4.69, 9.17) is 0 Å². The first-order chi connectivity index (χ1) is 7.49. The van der Waals surface area contributed by atoms with Crippen molar-refractivity contribution in [3.05, 3.63) is 34.9 Å². The van der Waals surface area contributed by atoms with Gasteiger partial charge in [-0.3, -0.25) is 0 Å². The van der Waals surface area contributed by atoms with E-state index in [1.54, 1.807) is 0 Å². The normalized spacial score (nSPS) is 13.1. The lowest BCUT2D eigenvalue weighted by Crippen LogP contribution is -2.28. The van der Waals surface area contributed by atoms with Crippen LogP contribution in [0.3, 0.4) is 0 Å². The summed E-state index contributed by atoms with van der Waals surface area (Å²) in [6.45, 7) is 12.2. The Kier molecular flexibility index (Phi) is 5.01. The molecule has 0 aliphatic rings. The van der Waals surface area contributed by atoms with Crippen molar-refractivity contribution in [2.75, 3.05) is 6.54 Å². The van der Waals surface area contributed by atoms with E-state index in [-0.39, 0.29) is 0 Å². The summed E-state index contributed by atoms with van der Waals surface area (Å²) in [6.07, 6.45) is 1.17. The van der Waals surface area contributed by atoms with E-state index in [1.165, 1.54) is 23.1 Å². The molecule has 0 saturated carbocycles. The predicted molar refractivity (Wildman–Crippen MR) is 71.9 cm³/mol. The molecule has 1 unspecified atom stereocenters. The van der Waals surface area contributed by atoms with Crippen molar-refractivity contribution in [2.24, 2.45) is 5.92 Å². The summed E-state index contributed by atoms with van der Waals surface area (Å²) in [4.78, 5) is 0. The molecule has 90 valence electrons. The lowest BCUT2D eigenvalue weighted by molar-refractivity contribution is 0.475. The fraction of sp³-hybridized carbons (Fsp3) is 0.600. The fourth-order valence-electron chi connectivity index (χ4n) is 1.90.